The highest BCUT2D eigenvalue weighted by molar-refractivity contribution is 5.31. The molecule has 0 aliphatic heterocycles. The SMILES string of the molecule is CCCOc1cncc(C(N)c2ccc(OC)nn2)c1. The number of hydrogen-bond acceptors (Lipinski definition) is 6. The lowest BCUT2D eigenvalue weighted by molar-refractivity contribution is 0.315. The number of rotatable bonds is 6. The molecule has 0 radical (unpaired) electrons. The van der Waals surface area contributed by atoms with Crippen LogP contribution < -0.4 is 15.2 Å². The number of methoxy groups -OCH3 is 1. The minimum atomic E-state index is -0.397. The molecule has 0 fully saturated rings. The molecule has 20 heavy (non-hydrogen) atoms. The van der Waals surface area contributed by atoms with Gasteiger partial charge in [0.15, 0.2) is 0 Å². The monoisotopic (exact) mass is 274 g/mol. The van der Waals surface area contributed by atoms with Crippen LogP contribution in [0.5, 0.6) is 11.6 Å². The predicted octanol–water partition coefficient (Wildman–Crippen LogP) is 1.72. The number of nitrogens with zero attached hydrogens (tertiary/aromatic N) is 3. The van der Waals surface area contributed by atoms with Crippen LogP contribution in [0, 0.1) is 0 Å². The Balaban J connectivity index is 2.16. The van der Waals surface area contributed by atoms with E-state index in [1.165, 1.54) is 0 Å². The Hall–Kier alpha value is -2.21. The second kappa shape index (κ2) is 6.81. The highest BCUT2D eigenvalue weighted by Crippen LogP contribution is 2.21. The van der Waals surface area contributed by atoms with Crippen molar-refractivity contribution in [3.63, 3.8) is 0 Å². The Morgan fingerprint density at radius 2 is 2.10 bits per heavy atom. The quantitative estimate of drug-likeness (QED) is 0.863. The first-order valence-electron chi connectivity index (χ1n) is 6.45. The van der Waals surface area contributed by atoms with Gasteiger partial charge in [0, 0.05) is 12.3 Å². The molecular weight excluding hydrogens is 256 g/mol. The summed E-state index contributed by atoms with van der Waals surface area (Å²) in [6.07, 6.45) is 4.32. The van der Waals surface area contributed by atoms with Crippen molar-refractivity contribution < 1.29 is 9.47 Å². The number of pyridine rings is 1. The van der Waals surface area contributed by atoms with Gasteiger partial charge >= 0.3 is 0 Å². The van der Waals surface area contributed by atoms with Gasteiger partial charge < -0.3 is 15.2 Å². The van der Waals surface area contributed by atoms with Gasteiger partial charge in [-0.1, -0.05) is 6.92 Å². The van der Waals surface area contributed by atoms with E-state index in [-0.39, 0.29) is 0 Å². The molecule has 0 spiro atoms. The Morgan fingerprint density at radius 3 is 2.75 bits per heavy atom. The first-order chi connectivity index (χ1) is 9.74. The maximum Gasteiger partial charge on any atom is 0.233 e. The standard InChI is InChI=1S/C14H18N4O2/c1-3-6-20-11-7-10(8-16-9-11)14(15)12-4-5-13(19-2)18-17-12/h4-5,7-9,14H,3,6,15H2,1-2H3. The fraction of sp³-hybridized carbons (Fsp3) is 0.357. The molecule has 0 aliphatic rings. The minimum absolute atomic E-state index is 0.397. The van der Waals surface area contributed by atoms with Crippen molar-refractivity contribution in [1.29, 1.82) is 0 Å². The molecule has 0 amide bonds. The fourth-order valence-electron chi connectivity index (χ4n) is 1.68. The summed E-state index contributed by atoms with van der Waals surface area (Å²) in [6, 6.07) is 4.99. The summed E-state index contributed by atoms with van der Waals surface area (Å²) >= 11 is 0. The van der Waals surface area contributed by atoms with Crippen molar-refractivity contribution in [2.24, 2.45) is 5.73 Å². The van der Waals surface area contributed by atoms with Gasteiger partial charge in [0.05, 0.1) is 31.6 Å². The third kappa shape index (κ3) is 3.42. The Morgan fingerprint density at radius 1 is 1.25 bits per heavy atom. The van der Waals surface area contributed by atoms with Crippen molar-refractivity contribution in [2.45, 2.75) is 19.4 Å². The Bertz CT molecular complexity index is 545. The number of hydrogen-bond donors (Lipinski definition) is 1. The summed E-state index contributed by atoms with van der Waals surface area (Å²) in [4.78, 5) is 4.14. The van der Waals surface area contributed by atoms with E-state index in [1.54, 1.807) is 31.6 Å². The van der Waals surface area contributed by atoms with Crippen LogP contribution in [-0.4, -0.2) is 28.9 Å². The molecule has 2 N–H and O–H groups in total. The molecular formula is C14H18N4O2. The smallest absolute Gasteiger partial charge is 0.233 e. The molecule has 0 saturated carbocycles. The average molecular weight is 274 g/mol. The lowest BCUT2D eigenvalue weighted by Crippen LogP contribution is -2.14. The zero-order valence-electron chi connectivity index (χ0n) is 11.6. The summed E-state index contributed by atoms with van der Waals surface area (Å²) in [7, 11) is 1.54. The highest BCUT2D eigenvalue weighted by atomic mass is 16.5. The van der Waals surface area contributed by atoms with Crippen molar-refractivity contribution in [3.8, 4) is 11.6 Å². The van der Waals surface area contributed by atoms with Gasteiger partial charge in [0.25, 0.3) is 0 Å². The molecule has 0 aromatic carbocycles. The molecule has 6 nitrogen and oxygen atoms in total. The maximum atomic E-state index is 6.17. The fourth-order valence-corrected chi connectivity index (χ4v) is 1.68. The zero-order chi connectivity index (χ0) is 14.4. The van der Waals surface area contributed by atoms with Gasteiger partial charge in [0.1, 0.15) is 5.75 Å². The van der Waals surface area contributed by atoms with Crippen LogP contribution in [0.4, 0.5) is 0 Å². The molecule has 2 heterocycles. The summed E-state index contributed by atoms with van der Waals surface area (Å²) < 4.78 is 10.5. The molecule has 2 aromatic rings. The summed E-state index contributed by atoms with van der Waals surface area (Å²) in [5, 5.41) is 7.96. The topological polar surface area (TPSA) is 83.2 Å². The van der Waals surface area contributed by atoms with E-state index in [1.807, 2.05) is 6.07 Å². The van der Waals surface area contributed by atoms with E-state index in [4.69, 9.17) is 15.2 Å². The van der Waals surface area contributed by atoms with Crippen LogP contribution in [0.15, 0.2) is 30.6 Å². The molecule has 2 aromatic heterocycles. The lowest BCUT2D eigenvalue weighted by atomic mass is 10.1. The maximum absolute atomic E-state index is 6.17. The van der Waals surface area contributed by atoms with Crippen molar-refractivity contribution in [3.05, 3.63) is 41.9 Å². The molecule has 6 heteroatoms. The van der Waals surface area contributed by atoms with Gasteiger partial charge in [-0.15, -0.1) is 10.2 Å². The third-order valence-corrected chi connectivity index (χ3v) is 2.75. The van der Waals surface area contributed by atoms with Crippen LogP contribution >= 0.6 is 0 Å². The van der Waals surface area contributed by atoms with E-state index in [9.17, 15) is 0 Å². The van der Waals surface area contributed by atoms with E-state index < -0.39 is 6.04 Å². The van der Waals surface area contributed by atoms with Crippen LogP contribution in [0.1, 0.15) is 30.6 Å². The average Bonchev–Trinajstić information content (AvgIpc) is 2.52. The molecule has 1 atom stereocenters. The van der Waals surface area contributed by atoms with Crippen molar-refractivity contribution in [2.75, 3.05) is 13.7 Å². The van der Waals surface area contributed by atoms with Gasteiger partial charge in [-0.3, -0.25) is 4.98 Å². The van der Waals surface area contributed by atoms with Gasteiger partial charge in [0.2, 0.25) is 5.88 Å². The Labute approximate surface area is 118 Å². The molecule has 0 aliphatic carbocycles. The second-order valence-corrected chi connectivity index (χ2v) is 4.28. The van der Waals surface area contributed by atoms with Gasteiger partial charge in [-0.05, 0) is 24.1 Å². The summed E-state index contributed by atoms with van der Waals surface area (Å²) in [5.74, 6) is 1.17. The largest absolute Gasteiger partial charge is 0.492 e. The van der Waals surface area contributed by atoms with Crippen molar-refractivity contribution >= 4 is 0 Å². The molecule has 0 bridgehead atoms. The third-order valence-electron chi connectivity index (χ3n) is 2.75. The predicted molar refractivity (Wildman–Crippen MR) is 74.6 cm³/mol. The van der Waals surface area contributed by atoms with Crippen LogP contribution in [0.3, 0.4) is 0 Å². The van der Waals surface area contributed by atoms with E-state index in [0.29, 0.717) is 23.9 Å². The van der Waals surface area contributed by atoms with Crippen LogP contribution in [-0.2, 0) is 0 Å². The zero-order valence-corrected chi connectivity index (χ0v) is 11.6. The summed E-state index contributed by atoms with van der Waals surface area (Å²) in [6.45, 7) is 2.71. The van der Waals surface area contributed by atoms with E-state index in [2.05, 4.69) is 22.1 Å². The number of ether oxygens (including phenoxy) is 2. The first-order valence-corrected chi connectivity index (χ1v) is 6.45. The van der Waals surface area contributed by atoms with E-state index >= 15 is 0 Å². The lowest BCUT2D eigenvalue weighted by Gasteiger charge is -2.12. The molecule has 0 saturated heterocycles. The molecule has 106 valence electrons. The number of aromatic nitrogens is 3. The normalized spacial score (nSPS) is 11.9. The minimum Gasteiger partial charge on any atom is -0.492 e. The van der Waals surface area contributed by atoms with Crippen molar-refractivity contribution in [1.82, 2.24) is 15.2 Å². The molecule has 2 rings (SSSR count). The second-order valence-electron chi connectivity index (χ2n) is 4.28. The summed E-state index contributed by atoms with van der Waals surface area (Å²) in [5.41, 5.74) is 7.65. The van der Waals surface area contributed by atoms with E-state index in [0.717, 1.165) is 12.0 Å². The number of nitrogens with two attached hydrogens (primary N) is 1. The highest BCUT2D eigenvalue weighted by Gasteiger charge is 2.12. The first kappa shape index (κ1) is 14.2. The van der Waals surface area contributed by atoms with Crippen LogP contribution in [0.2, 0.25) is 0 Å². The van der Waals surface area contributed by atoms with Crippen LogP contribution in [0.25, 0.3) is 0 Å². The Kier molecular flexibility index (Phi) is 4.84. The van der Waals surface area contributed by atoms with Gasteiger partial charge in [-0.2, -0.15) is 0 Å². The van der Waals surface area contributed by atoms with Gasteiger partial charge in [-0.25, -0.2) is 0 Å². The molecule has 1 unspecified atom stereocenters.